The smallest absolute Gasteiger partial charge is 0.234 e. The highest BCUT2D eigenvalue weighted by atomic mass is 79.9. The van der Waals surface area contributed by atoms with Crippen molar-refractivity contribution in [3.8, 4) is 0 Å². The van der Waals surface area contributed by atoms with Crippen LogP contribution in [0.3, 0.4) is 0 Å². The van der Waals surface area contributed by atoms with Crippen molar-refractivity contribution in [1.82, 2.24) is 0 Å². The van der Waals surface area contributed by atoms with Crippen LogP contribution in [0.4, 0.5) is 20.2 Å². The number of carbonyl (C=O) groups is 1. The van der Waals surface area contributed by atoms with Crippen LogP contribution in [0.1, 0.15) is 0 Å². The van der Waals surface area contributed by atoms with Crippen LogP contribution in [0, 0.1) is 11.6 Å². The molecule has 21 heavy (non-hydrogen) atoms. The Bertz CT molecular complexity index is 662. The van der Waals surface area contributed by atoms with Crippen LogP contribution in [0.15, 0.2) is 45.8 Å². The van der Waals surface area contributed by atoms with E-state index in [1.165, 1.54) is 17.8 Å². The number of carbonyl (C=O) groups excluding carboxylic acids is 1. The van der Waals surface area contributed by atoms with Gasteiger partial charge in [0.05, 0.1) is 5.75 Å². The van der Waals surface area contributed by atoms with E-state index in [0.717, 1.165) is 16.6 Å². The molecule has 0 spiro atoms. The fraction of sp³-hybridized carbons (Fsp3) is 0.0714. The van der Waals surface area contributed by atoms with Crippen molar-refractivity contribution in [3.05, 3.63) is 52.5 Å². The van der Waals surface area contributed by atoms with E-state index in [1.807, 2.05) is 0 Å². The second kappa shape index (κ2) is 6.91. The molecule has 7 heteroatoms. The molecule has 0 aliphatic carbocycles. The Kier molecular flexibility index (Phi) is 5.19. The second-order valence-electron chi connectivity index (χ2n) is 4.12. The predicted octanol–water partition coefficient (Wildman–Crippen LogP) is 4.04. The first-order chi connectivity index (χ1) is 9.97. The van der Waals surface area contributed by atoms with E-state index in [2.05, 4.69) is 21.2 Å². The maximum Gasteiger partial charge on any atom is 0.234 e. The first-order valence-corrected chi connectivity index (χ1v) is 7.67. The summed E-state index contributed by atoms with van der Waals surface area (Å²) < 4.78 is 27.6. The summed E-state index contributed by atoms with van der Waals surface area (Å²) in [7, 11) is 0. The molecule has 0 saturated heterocycles. The van der Waals surface area contributed by atoms with Crippen molar-refractivity contribution in [3.63, 3.8) is 0 Å². The van der Waals surface area contributed by atoms with E-state index in [9.17, 15) is 13.6 Å². The summed E-state index contributed by atoms with van der Waals surface area (Å²) in [5.74, 6) is -2.14. The maximum atomic E-state index is 13.4. The average molecular weight is 373 g/mol. The standard InChI is InChI=1S/C14H11BrF2N2OS/c15-8-4-5-11(18)12(6-8)21-7-13(20)19-14-9(16)2-1-3-10(14)17/h1-6H,7,18H2,(H,19,20). The average Bonchev–Trinajstić information content (AvgIpc) is 2.44. The summed E-state index contributed by atoms with van der Waals surface area (Å²) in [6.45, 7) is 0. The third-order valence-electron chi connectivity index (χ3n) is 2.56. The first kappa shape index (κ1) is 15.8. The van der Waals surface area contributed by atoms with Crippen LogP contribution >= 0.6 is 27.7 Å². The predicted molar refractivity (Wildman–Crippen MR) is 84.3 cm³/mol. The summed E-state index contributed by atoms with van der Waals surface area (Å²) in [6, 6.07) is 8.67. The molecule has 2 aromatic rings. The Morgan fingerprint density at radius 2 is 1.90 bits per heavy atom. The minimum Gasteiger partial charge on any atom is -0.398 e. The van der Waals surface area contributed by atoms with E-state index in [0.29, 0.717) is 10.6 Å². The fourth-order valence-electron chi connectivity index (χ4n) is 1.57. The molecule has 0 aliphatic heterocycles. The molecule has 1 amide bonds. The van der Waals surface area contributed by atoms with Gasteiger partial charge in [0.2, 0.25) is 5.91 Å². The molecule has 0 aromatic heterocycles. The molecule has 0 fully saturated rings. The minimum atomic E-state index is -0.810. The van der Waals surface area contributed by atoms with Crippen molar-refractivity contribution >= 4 is 45.0 Å². The van der Waals surface area contributed by atoms with E-state index in [1.54, 1.807) is 18.2 Å². The molecular formula is C14H11BrF2N2OS. The molecule has 2 rings (SSSR count). The molecule has 0 unspecified atom stereocenters. The number of nitrogen functional groups attached to an aromatic ring is 1. The summed E-state index contributed by atoms with van der Waals surface area (Å²) >= 11 is 4.50. The van der Waals surface area contributed by atoms with Gasteiger partial charge in [-0.05, 0) is 30.3 Å². The Balaban J connectivity index is 2.01. The van der Waals surface area contributed by atoms with Gasteiger partial charge in [0, 0.05) is 15.1 Å². The summed E-state index contributed by atoms with van der Waals surface area (Å²) in [5, 5.41) is 2.22. The number of para-hydroxylation sites is 1. The molecule has 0 bridgehead atoms. The third-order valence-corrected chi connectivity index (χ3v) is 4.13. The molecule has 0 atom stereocenters. The Labute approximate surface area is 133 Å². The van der Waals surface area contributed by atoms with Gasteiger partial charge in [0.15, 0.2) is 0 Å². The molecule has 110 valence electrons. The van der Waals surface area contributed by atoms with Crippen molar-refractivity contribution in [2.45, 2.75) is 4.90 Å². The van der Waals surface area contributed by atoms with Crippen LogP contribution in [0.2, 0.25) is 0 Å². The molecule has 0 aliphatic rings. The number of amides is 1. The number of hydrogen-bond acceptors (Lipinski definition) is 3. The van der Waals surface area contributed by atoms with Crippen molar-refractivity contribution in [1.29, 1.82) is 0 Å². The van der Waals surface area contributed by atoms with E-state index in [4.69, 9.17) is 5.73 Å². The Morgan fingerprint density at radius 3 is 2.57 bits per heavy atom. The molecule has 0 radical (unpaired) electrons. The van der Waals surface area contributed by atoms with Crippen LogP contribution in [0.25, 0.3) is 0 Å². The summed E-state index contributed by atoms with van der Waals surface area (Å²) in [5.41, 5.74) is 5.88. The molecule has 3 N–H and O–H groups in total. The zero-order chi connectivity index (χ0) is 15.4. The minimum absolute atomic E-state index is 0.00553. The zero-order valence-corrected chi connectivity index (χ0v) is 13.1. The van der Waals surface area contributed by atoms with Crippen LogP contribution in [-0.4, -0.2) is 11.7 Å². The summed E-state index contributed by atoms with van der Waals surface area (Å²) in [4.78, 5) is 12.5. The highest BCUT2D eigenvalue weighted by molar-refractivity contribution is 9.10. The monoisotopic (exact) mass is 372 g/mol. The molecular weight excluding hydrogens is 362 g/mol. The zero-order valence-electron chi connectivity index (χ0n) is 10.7. The lowest BCUT2D eigenvalue weighted by Gasteiger charge is -2.08. The SMILES string of the molecule is Nc1ccc(Br)cc1SCC(=O)Nc1c(F)cccc1F. The number of thioether (sulfide) groups is 1. The highest BCUT2D eigenvalue weighted by Gasteiger charge is 2.12. The Hall–Kier alpha value is -1.60. The number of nitrogens with one attached hydrogen (secondary N) is 1. The van der Waals surface area contributed by atoms with Gasteiger partial charge in [-0.1, -0.05) is 22.0 Å². The van der Waals surface area contributed by atoms with Crippen LogP contribution in [0.5, 0.6) is 0 Å². The quantitative estimate of drug-likeness (QED) is 0.628. The number of rotatable bonds is 4. The molecule has 3 nitrogen and oxygen atoms in total. The normalized spacial score (nSPS) is 10.4. The van der Waals surface area contributed by atoms with Gasteiger partial charge in [-0.15, -0.1) is 11.8 Å². The number of nitrogens with two attached hydrogens (primary N) is 1. The maximum absolute atomic E-state index is 13.4. The first-order valence-electron chi connectivity index (χ1n) is 5.89. The summed E-state index contributed by atoms with van der Waals surface area (Å²) in [6.07, 6.45) is 0. The number of halogens is 3. The molecule has 2 aromatic carbocycles. The van der Waals surface area contributed by atoms with E-state index >= 15 is 0 Å². The Morgan fingerprint density at radius 1 is 1.24 bits per heavy atom. The lowest BCUT2D eigenvalue weighted by atomic mass is 10.3. The lowest BCUT2D eigenvalue weighted by Crippen LogP contribution is -2.16. The van der Waals surface area contributed by atoms with Gasteiger partial charge < -0.3 is 11.1 Å². The van der Waals surface area contributed by atoms with Crippen molar-refractivity contribution in [2.75, 3.05) is 16.8 Å². The lowest BCUT2D eigenvalue weighted by molar-refractivity contribution is -0.113. The van der Waals surface area contributed by atoms with Crippen LogP contribution < -0.4 is 11.1 Å². The number of benzene rings is 2. The fourth-order valence-corrected chi connectivity index (χ4v) is 2.89. The van der Waals surface area contributed by atoms with Gasteiger partial charge in [-0.3, -0.25) is 4.79 Å². The number of anilines is 2. The van der Waals surface area contributed by atoms with E-state index < -0.39 is 23.2 Å². The van der Waals surface area contributed by atoms with Crippen molar-refractivity contribution in [2.24, 2.45) is 0 Å². The highest BCUT2D eigenvalue weighted by Crippen LogP contribution is 2.28. The second-order valence-corrected chi connectivity index (χ2v) is 6.05. The van der Waals surface area contributed by atoms with Gasteiger partial charge in [-0.25, -0.2) is 8.78 Å². The molecule has 0 saturated carbocycles. The van der Waals surface area contributed by atoms with Crippen molar-refractivity contribution < 1.29 is 13.6 Å². The third kappa shape index (κ3) is 4.18. The van der Waals surface area contributed by atoms with Gasteiger partial charge >= 0.3 is 0 Å². The topological polar surface area (TPSA) is 55.1 Å². The van der Waals surface area contributed by atoms with Crippen LogP contribution in [-0.2, 0) is 4.79 Å². The van der Waals surface area contributed by atoms with E-state index in [-0.39, 0.29) is 5.75 Å². The largest absolute Gasteiger partial charge is 0.398 e. The van der Waals surface area contributed by atoms with Gasteiger partial charge in [0.25, 0.3) is 0 Å². The molecule has 0 heterocycles. The van der Waals surface area contributed by atoms with Gasteiger partial charge in [-0.2, -0.15) is 0 Å². The van der Waals surface area contributed by atoms with Gasteiger partial charge in [0.1, 0.15) is 17.3 Å². The number of hydrogen-bond donors (Lipinski definition) is 2.